The van der Waals surface area contributed by atoms with E-state index in [-0.39, 0.29) is 35.5 Å². The molecule has 3 N–H and O–H groups in total. The summed E-state index contributed by atoms with van der Waals surface area (Å²) in [5, 5.41) is 2.86. The first kappa shape index (κ1) is 22.9. The summed E-state index contributed by atoms with van der Waals surface area (Å²) < 4.78 is 37.8. The number of ether oxygens (including phenoxy) is 2. The van der Waals surface area contributed by atoms with Crippen molar-refractivity contribution in [1.82, 2.24) is 4.31 Å². The number of hydrogen-bond acceptors (Lipinski definition) is 6. The molecule has 10 heteroatoms. The molecule has 0 aliphatic carbocycles. The molecule has 2 saturated heterocycles. The number of nitrogens with one attached hydrogen (secondary N) is 1. The van der Waals surface area contributed by atoms with Crippen LogP contribution >= 0.6 is 12.4 Å². The molecular formula is C18H28ClN3O5S. The number of benzene rings is 1. The molecule has 0 bridgehead atoms. The van der Waals surface area contributed by atoms with Crippen LogP contribution in [0.1, 0.15) is 25.7 Å². The zero-order valence-corrected chi connectivity index (χ0v) is 17.6. The Hall–Kier alpha value is -1.39. The summed E-state index contributed by atoms with van der Waals surface area (Å²) in [6.07, 6.45) is 2.85. The lowest BCUT2D eigenvalue weighted by molar-refractivity contribution is -0.130. The molecule has 2 aliphatic heterocycles. The lowest BCUT2D eigenvalue weighted by atomic mass is 9.79. The lowest BCUT2D eigenvalue weighted by Crippen LogP contribution is -2.46. The SMILES string of the molecule is COc1cc(NC(=O)C2(CN)CCOCC2)ccc1S(=O)(=O)N1CCCC1.Cl. The van der Waals surface area contributed by atoms with Gasteiger partial charge in [0.15, 0.2) is 0 Å². The van der Waals surface area contributed by atoms with E-state index in [1.54, 1.807) is 12.1 Å². The van der Waals surface area contributed by atoms with Gasteiger partial charge in [-0.1, -0.05) is 0 Å². The van der Waals surface area contributed by atoms with Gasteiger partial charge in [0, 0.05) is 44.6 Å². The number of nitrogens with two attached hydrogens (primary N) is 1. The van der Waals surface area contributed by atoms with Crippen LogP contribution in [0.25, 0.3) is 0 Å². The Morgan fingerprint density at radius 3 is 2.50 bits per heavy atom. The predicted molar refractivity (Wildman–Crippen MR) is 108 cm³/mol. The smallest absolute Gasteiger partial charge is 0.246 e. The maximum atomic E-state index is 12.8. The summed E-state index contributed by atoms with van der Waals surface area (Å²) in [6, 6.07) is 4.62. The Morgan fingerprint density at radius 1 is 1.29 bits per heavy atom. The largest absolute Gasteiger partial charge is 0.495 e. The first-order valence-electron chi connectivity index (χ1n) is 9.20. The molecule has 3 rings (SSSR count). The molecule has 2 heterocycles. The lowest BCUT2D eigenvalue weighted by Gasteiger charge is -2.34. The Morgan fingerprint density at radius 2 is 1.93 bits per heavy atom. The van der Waals surface area contributed by atoms with E-state index in [2.05, 4.69) is 5.32 Å². The van der Waals surface area contributed by atoms with Crippen LogP contribution < -0.4 is 15.8 Å². The Labute approximate surface area is 172 Å². The molecule has 2 fully saturated rings. The standard InChI is InChI=1S/C18H27N3O5S.ClH/c1-25-15-12-14(20-17(22)18(13-19)6-10-26-11-7-18)4-5-16(15)27(23,24)21-8-2-3-9-21;/h4-5,12H,2-3,6-11,13,19H2,1H3,(H,20,22);1H. The van der Waals surface area contributed by atoms with Crippen molar-refractivity contribution in [3.63, 3.8) is 0 Å². The van der Waals surface area contributed by atoms with E-state index in [0.717, 1.165) is 12.8 Å². The average molecular weight is 434 g/mol. The molecule has 8 nitrogen and oxygen atoms in total. The Bertz CT molecular complexity index is 790. The van der Waals surface area contributed by atoms with E-state index in [1.165, 1.54) is 17.5 Å². The average Bonchev–Trinajstić information content (AvgIpc) is 3.24. The third-order valence-electron chi connectivity index (χ3n) is 5.43. The zero-order chi connectivity index (χ0) is 19.5. The first-order chi connectivity index (χ1) is 12.9. The van der Waals surface area contributed by atoms with Crippen LogP contribution in [0.3, 0.4) is 0 Å². The van der Waals surface area contributed by atoms with Crippen LogP contribution in [0.2, 0.25) is 0 Å². The van der Waals surface area contributed by atoms with Crippen LogP contribution in [0, 0.1) is 5.41 Å². The highest BCUT2D eigenvalue weighted by Gasteiger charge is 2.39. The zero-order valence-electron chi connectivity index (χ0n) is 16.0. The summed E-state index contributed by atoms with van der Waals surface area (Å²) in [7, 11) is -2.18. The molecule has 0 radical (unpaired) electrons. The monoisotopic (exact) mass is 433 g/mol. The number of methoxy groups -OCH3 is 1. The van der Waals surface area contributed by atoms with Gasteiger partial charge in [0.2, 0.25) is 15.9 Å². The van der Waals surface area contributed by atoms with Crippen molar-refractivity contribution in [2.75, 3.05) is 45.3 Å². The van der Waals surface area contributed by atoms with Gasteiger partial charge in [0.1, 0.15) is 10.6 Å². The third-order valence-corrected chi connectivity index (χ3v) is 7.36. The maximum Gasteiger partial charge on any atom is 0.246 e. The van der Waals surface area contributed by atoms with Gasteiger partial charge in [-0.25, -0.2) is 8.42 Å². The van der Waals surface area contributed by atoms with Crippen molar-refractivity contribution in [1.29, 1.82) is 0 Å². The summed E-state index contributed by atoms with van der Waals surface area (Å²) in [6.45, 7) is 2.28. The molecule has 158 valence electrons. The maximum absolute atomic E-state index is 12.8. The highest BCUT2D eigenvalue weighted by atomic mass is 35.5. The van der Waals surface area contributed by atoms with Crippen molar-refractivity contribution >= 4 is 34.0 Å². The molecule has 1 aromatic carbocycles. The van der Waals surface area contributed by atoms with Gasteiger partial charge in [-0.2, -0.15) is 4.31 Å². The van der Waals surface area contributed by atoms with E-state index in [9.17, 15) is 13.2 Å². The minimum absolute atomic E-state index is 0. The molecule has 28 heavy (non-hydrogen) atoms. The van der Waals surface area contributed by atoms with Gasteiger partial charge >= 0.3 is 0 Å². The highest BCUT2D eigenvalue weighted by Crippen LogP contribution is 2.34. The molecule has 0 saturated carbocycles. The van der Waals surface area contributed by atoms with Gasteiger partial charge in [0.25, 0.3) is 0 Å². The second-order valence-electron chi connectivity index (χ2n) is 7.03. The van der Waals surface area contributed by atoms with Crippen LogP contribution in [0.4, 0.5) is 5.69 Å². The number of hydrogen-bond donors (Lipinski definition) is 2. The van der Waals surface area contributed by atoms with Crippen molar-refractivity contribution in [3.8, 4) is 5.75 Å². The number of sulfonamides is 1. The summed E-state index contributed by atoms with van der Waals surface area (Å²) in [4.78, 5) is 12.9. The third kappa shape index (κ3) is 4.44. The van der Waals surface area contributed by atoms with E-state index in [1.807, 2.05) is 0 Å². The number of nitrogens with zero attached hydrogens (tertiary/aromatic N) is 1. The fourth-order valence-corrected chi connectivity index (χ4v) is 5.23. The van der Waals surface area contributed by atoms with Gasteiger partial charge in [-0.3, -0.25) is 4.79 Å². The van der Waals surface area contributed by atoms with E-state index >= 15 is 0 Å². The van der Waals surface area contributed by atoms with Crippen LogP contribution in [-0.2, 0) is 19.6 Å². The van der Waals surface area contributed by atoms with Gasteiger partial charge in [-0.15, -0.1) is 12.4 Å². The summed E-state index contributed by atoms with van der Waals surface area (Å²) >= 11 is 0. The molecule has 0 spiro atoms. The van der Waals surface area contributed by atoms with Crippen LogP contribution in [0.5, 0.6) is 5.75 Å². The summed E-state index contributed by atoms with van der Waals surface area (Å²) in [5.74, 6) is 0.0407. The Kier molecular flexibility index (Phi) is 7.69. The van der Waals surface area contributed by atoms with E-state index in [4.69, 9.17) is 15.2 Å². The van der Waals surface area contributed by atoms with E-state index in [0.29, 0.717) is 44.8 Å². The van der Waals surface area contributed by atoms with Gasteiger partial charge < -0.3 is 20.5 Å². The minimum atomic E-state index is -3.60. The van der Waals surface area contributed by atoms with Crippen molar-refractivity contribution < 1.29 is 22.7 Å². The predicted octanol–water partition coefficient (Wildman–Crippen LogP) is 1.60. The number of carbonyl (C=O) groups is 1. The molecule has 1 amide bonds. The fourth-order valence-electron chi connectivity index (χ4n) is 3.58. The number of rotatable bonds is 6. The number of carbonyl (C=O) groups excluding carboxylic acids is 1. The number of amides is 1. The van der Waals surface area contributed by atoms with Crippen molar-refractivity contribution in [2.45, 2.75) is 30.6 Å². The first-order valence-corrected chi connectivity index (χ1v) is 10.6. The van der Waals surface area contributed by atoms with E-state index < -0.39 is 15.4 Å². The minimum Gasteiger partial charge on any atom is -0.495 e. The number of halogens is 1. The van der Waals surface area contributed by atoms with Gasteiger partial charge in [-0.05, 0) is 37.8 Å². The van der Waals surface area contributed by atoms with Crippen molar-refractivity contribution in [3.05, 3.63) is 18.2 Å². The second kappa shape index (κ2) is 9.41. The second-order valence-corrected chi connectivity index (χ2v) is 8.93. The fraction of sp³-hybridized carbons (Fsp3) is 0.611. The normalized spacial score (nSPS) is 19.6. The topological polar surface area (TPSA) is 111 Å². The molecule has 0 atom stereocenters. The molecular weight excluding hydrogens is 406 g/mol. The van der Waals surface area contributed by atoms with Crippen molar-refractivity contribution in [2.24, 2.45) is 11.1 Å². The number of anilines is 1. The molecule has 0 unspecified atom stereocenters. The van der Waals surface area contributed by atoms with Crippen LogP contribution in [-0.4, -0.2) is 58.6 Å². The van der Waals surface area contributed by atoms with Gasteiger partial charge in [0.05, 0.1) is 12.5 Å². The summed E-state index contributed by atoms with van der Waals surface area (Å²) in [5.41, 5.74) is 5.70. The quantitative estimate of drug-likeness (QED) is 0.704. The highest BCUT2D eigenvalue weighted by molar-refractivity contribution is 7.89. The molecule has 1 aromatic rings. The molecule has 2 aliphatic rings. The van der Waals surface area contributed by atoms with Crippen LogP contribution in [0.15, 0.2) is 23.1 Å². The Balaban J connectivity index is 0.00000280. The molecule has 0 aromatic heterocycles.